The Hall–Kier alpha value is -1.20. The van der Waals surface area contributed by atoms with E-state index in [0.717, 1.165) is 19.3 Å². The fourth-order valence-electron chi connectivity index (χ4n) is 1.39. The number of carbonyl (C=O) groups excluding carboxylic acids is 1. The van der Waals surface area contributed by atoms with Crippen molar-refractivity contribution in [3.05, 3.63) is 23.8 Å². The first-order valence-electron chi connectivity index (χ1n) is 5.51. The highest BCUT2D eigenvalue weighted by molar-refractivity contribution is 7.80. The predicted octanol–water partition coefficient (Wildman–Crippen LogP) is 1.62. The van der Waals surface area contributed by atoms with Crippen LogP contribution >= 0.6 is 12.6 Å². The Bertz CT molecular complexity index is 382. The molecule has 5 heteroatoms. The Kier molecular flexibility index (Phi) is 5.86. The lowest BCUT2D eigenvalue weighted by molar-refractivity contribution is 0.0997. The van der Waals surface area contributed by atoms with Gasteiger partial charge in [-0.3, -0.25) is 4.79 Å². The van der Waals surface area contributed by atoms with Crippen LogP contribution < -0.4 is 10.5 Å². The summed E-state index contributed by atoms with van der Waals surface area (Å²) < 4.78 is 5.49. The molecule has 3 N–H and O–H groups in total. The number of thiol groups is 1. The highest BCUT2D eigenvalue weighted by atomic mass is 32.1. The van der Waals surface area contributed by atoms with Crippen molar-refractivity contribution in [2.75, 3.05) is 13.2 Å². The van der Waals surface area contributed by atoms with Crippen molar-refractivity contribution in [1.29, 1.82) is 0 Å². The van der Waals surface area contributed by atoms with E-state index in [1.165, 1.54) is 0 Å². The molecule has 1 rings (SSSR count). The zero-order valence-electron chi connectivity index (χ0n) is 9.56. The molecule has 0 aliphatic heterocycles. The van der Waals surface area contributed by atoms with Gasteiger partial charge in [-0.1, -0.05) is 0 Å². The van der Waals surface area contributed by atoms with Crippen molar-refractivity contribution in [3.8, 4) is 5.75 Å². The standard InChI is InChI=1S/C12H17NO3S/c13-12(15)10-5-4-9(8-11(10)17)16-7-3-1-2-6-14/h4-5,8,14,17H,1-3,6-7H2,(H2,13,15). The number of unbranched alkanes of at least 4 members (excludes halogenated alkanes) is 2. The van der Waals surface area contributed by atoms with Gasteiger partial charge in [0.15, 0.2) is 0 Å². The molecule has 0 aliphatic rings. The van der Waals surface area contributed by atoms with Gasteiger partial charge in [-0.05, 0) is 37.5 Å². The number of ether oxygens (including phenoxy) is 1. The lowest BCUT2D eigenvalue weighted by Gasteiger charge is -2.08. The van der Waals surface area contributed by atoms with E-state index in [0.29, 0.717) is 22.8 Å². The van der Waals surface area contributed by atoms with Gasteiger partial charge < -0.3 is 15.6 Å². The fraction of sp³-hybridized carbons (Fsp3) is 0.417. The molecule has 0 radical (unpaired) electrons. The third-order valence-corrected chi connectivity index (χ3v) is 2.68. The number of primary amides is 1. The van der Waals surface area contributed by atoms with Gasteiger partial charge in [0.25, 0.3) is 0 Å². The molecule has 0 unspecified atom stereocenters. The first kappa shape index (κ1) is 13.9. The molecular formula is C12H17NO3S. The average Bonchev–Trinajstić information content (AvgIpc) is 2.28. The van der Waals surface area contributed by atoms with Gasteiger partial charge in [0.1, 0.15) is 5.75 Å². The molecule has 0 aromatic heterocycles. The van der Waals surface area contributed by atoms with Crippen molar-refractivity contribution in [2.24, 2.45) is 5.73 Å². The first-order valence-corrected chi connectivity index (χ1v) is 5.96. The molecule has 0 aliphatic carbocycles. The summed E-state index contributed by atoms with van der Waals surface area (Å²) in [5.74, 6) is 0.175. The molecule has 1 amide bonds. The Labute approximate surface area is 106 Å². The number of amides is 1. The molecular weight excluding hydrogens is 238 g/mol. The molecule has 0 spiro atoms. The smallest absolute Gasteiger partial charge is 0.249 e. The quantitative estimate of drug-likeness (QED) is 0.512. The summed E-state index contributed by atoms with van der Waals surface area (Å²) in [7, 11) is 0. The van der Waals surface area contributed by atoms with Crippen LogP contribution in [0.4, 0.5) is 0 Å². The number of hydrogen-bond acceptors (Lipinski definition) is 4. The summed E-state index contributed by atoms with van der Waals surface area (Å²) in [5, 5.41) is 8.61. The summed E-state index contributed by atoms with van der Waals surface area (Å²) in [6.07, 6.45) is 2.62. The zero-order valence-corrected chi connectivity index (χ0v) is 10.5. The highest BCUT2D eigenvalue weighted by Gasteiger charge is 2.06. The summed E-state index contributed by atoms with van der Waals surface area (Å²) >= 11 is 4.17. The van der Waals surface area contributed by atoms with Crippen LogP contribution in [0.5, 0.6) is 5.75 Å². The maximum absolute atomic E-state index is 11.0. The topological polar surface area (TPSA) is 72.6 Å². The summed E-state index contributed by atoms with van der Waals surface area (Å²) in [6, 6.07) is 4.98. The SMILES string of the molecule is NC(=O)c1ccc(OCCCCCO)cc1S. The van der Waals surface area contributed by atoms with Crippen molar-refractivity contribution in [3.63, 3.8) is 0 Å². The Morgan fingerprint density at radius 1 is 1.35 bits per heavy atom. The van der Waals surface area contributed by atoms with Gasteiger partial charge in [-0.25, -0.2) is 0 Å². The van der Waals surface area contributed by atoms with E-state index in [1.807, 2.05) is 0 Å². The third kappa shape index (κ3) is 4.66. The number of carbonyl (C=O) groups is 1. The summed E-state index contributed by atoms with van der Waals surface area (Å²) in [4.78, 5) is 11.5. The minimum atomic E-state index is -0.496. The van der Waals surface area contributed by atoms with Crippen molar-refractivity contribution in [2.45, 2.75) is 24.2 Å². The van der Waals surface area contributed by atoms with Crippen LogP contribution in [0.25, 0.3) is 0 Å². The second-order valence-corrected chi connectivity index (χ2v) is 4.16. The number of hydrogen-bond donors (Lipinski definition) is 3. The minimum Gasteiger partial charge on any atom is -0.494 e. The first-order chi connectivity index (χ1) is 8.15. The lowest BCUT2D eigenvalue weighted by Crippen LogP contribution is -2.11. The normalized spacial score (nSPS) is 10.2. The van der Waals surface area contributed by atoms with Crippen molar-refractivity contribution < 1.29 is 14.6 Å². The summed E-state index contributed by atoms with van der Waals surface area (Å²) in [6.45, 7) is 0.803. The number of aliphatic hydroxyl groups excluding tert-OH is 1. The van der Waals surface area contributed by atoms with E-state index in [9.17, 15) is 4.79 Å². The van der Waals surface area contributed by atoms with Crippen LogP contribution in [0, 0.1) is 0 Å². The van der Waals surface area contributed by atoms with Crippen molar-refractivity contribution >= 4 is 18.5 Å². The Balaban J connectivity index is 2.45. The Morgan fingerprint density at radius 2 is 2.12 bits per heavy atom. The van der Waals surface area contributed by atoms with E-state index in [-0.39, 0.29) is 6.61 Å². The van der Waals surface area contributed by atoms with E-state index < -0.39 is 5.91 Å². The molecule has 1 aromatic carbocycles. The van der Waals surface area contributed by atoms with Gasteiger partial charge in [-0.2, -0.15) is 0 Å². The second-order valence-electron chi connectivity index (χ2n) is 3.68. The number of nitrogens with two attached hydrogens (primary N) is 1. The maximum atomic E-state index is 11.0. The Morgan fingerprint density at radius 3 is 2.71 bits per heavy atom. The van der Waals surface area contributed by atoms with Crippen LogP contribution in [0.1, 0.15) is 29.6 Å². The lowest BCUT2D eigenvalue weighted by atomic mass is 10.2. The monoisotopic (exact) mass is 255 g/mol. The van der Waals surface area contributed by atoms with E-state index in [2.05, 4.69) is 12.6 Å². The van der Waals surface area contributed by atoms with Crippen LogP contribution in [0.3, 0.4) is 0 Å². The minimum absolute atomic E-state index is 0.216. The van der Waals surface area contributed by atoms with E-state index in [1.54, 1.807) is 18.2 Å². The molecule has 0 heterocycles. The molecule has 0 atom stereocenters. The van der Waals surface area contributed by atoms with Gasteiger partial charge in [-0.15, -0.1) is 12.6 Å². The molecule has 1 aromatic rings. The van der Waals surface area contributed by atoms with Crippen LogP contribution in [-0.2, 0) is 0 Å². The summed E-state index contributed by atoms with van der Waals surface area (Å²) in [5.41, 5.74) is 5.56. The van der Waals surface area contributed by atoms with Gasteiger partial charge in [0.05, 0.1) is 12.2 Å². The average molecular weight is 255 g/mol. The van der Waals surface area contributed by atoms with Gasteiger partial charge >= 0.3 is 0 Å². The highest BCUT2D eigenvalue weighted by Crippen LogP contribution is 2.21. The molecule has 0 saturated carbocycles. The van der Waals surface area contributed by atoms with E-state index >= 15 is 0 Å². The molecule has 0 fully saturated rings. The number of rotatable bonds is 7. The van der Waals surface area contributed by atoms with Crippen LogP contribution in [0.2, 0.25) is 0 Å². The predicted molar refractivity (Wildman–Crippen MR) is 68.6 cm³/mol. The number of aliphatic hydroxyl groups is 1. The zero-order chi connectivity index (χ0) is 12.7. The molecule has 4 nitrogen and oxygen atoms in total. The fourth-order valence-corrected chi connectivity index (χ4v) is 1.70. The second kappa shape index (κ2) is 7.19. The molecule has 17 heavy (non-hydrogen) atoms. The largest absolute Gasteiger partial charge is 0.494 e. The van der Waals surface area contributed by atoms with Crippen LogP contribution in [-0.4, -0.2) is 24.2 Å². The molecule has 0 saturated heterocycles. The molecule has 94 valence electrons. The third-order valence-electron chi connectivity index (χ3n) is 2.31. The van der Waals surface area contributed by atoms with Gasteiger partial charge in [0.2, 0.25) is 5.91 Å². The van der Waals surface area contributed by atoms with Crippen molar-refractivity contribution in [1.82, 2.24) is 0 Å². The number of benzene rings is 1. The molecule has 0 bridgehead atoms. The maximum Gasteiger partial charge on any atom is 0.249 e. The van der Waals surface area contributed by atoms with E-state index in [4.69, 9.17) is 15.6 Å². The van der Waals surface area contributed by atoms with Crippen LogP contribution in [0.15, 0.2) is 23.1 Å². The van der Waals surface area contributed by atoms with Gasteiger partial charge in [0, 0.05) is 11.5 Å².